The number of amides is 2. The van der Waals surface area contributed by atoms with Gasteiger partial charge in [0.25, 0.3) is 5.91 Å². The van der Waals surface area contributed by atoms with Gasteiger partial charge in [-0.1, -0.05) is 19.9 Å². The minimum absolute atomic E-state index is 0. The molecule has 1 atom stereocenters. The van der Waals surface area contributed by atoms with E-state index in [1.807, 2.05) is 25.3 Å². The van der Waals surface area contributed by atoms with Gasteiger partial charge in [-0.05, 0) is 17.4 Å². The molecule has 2 amide bonds. The molecule has 0 radical (unpaired) electrons. The van der Waals surface area contributed by atoms with Gasteiger partial charge in [-0.2, -0.15) is 0 Å². The number of hydrogen-bond acceptors (Lipinski definition) is 4. The quantitative estimate of drug-likeness (QED) is 0.735. The maximum Gasteiger partial charge on any atom is 0.262 e. The number of thiophene rings is 1. The van der Waals surface area contributed by atoms with Crippen molar-refractivity contribution in [1.82, 2.24) is 16.0 Å². The van der Waals surface area contributed by atoms with E-state index in [9.17, 15) is 9.59 Å². The highest BCUT2D eigenvalue weighted by Crippen LogP contribution is 2.10. The molecule has 0 bridgehead atoms. The Balaban J connectivity index is 0.00000220. The van der Waals surface area contributed by atoms with Crippen LogP contribution in [0.4, 0.5) is 0 Å². The number of rotatable bonds is 6. The van der Waals surface area contributed by atoms with E-state index in [-0.39, 0.29) is 30.1 Å². The van der Waals surface area contributed by atoms with Crippen LogP contribution < -0.4 is 16.0 Å². The number of carbonyl (C=O) groups is 2. The summed E-state index contributed by atoms with van der Waals surface area (Å²) in [4.78, 5) is 24.9. The van der Waals surface area contributed by atoms with Gasteiger partial charge in [0.15, 0.2) is 0 Å². The topological polar surface area (TPSA) is 70.2 Å². The van der Waals surface area contributed by atoms with E-state index in [4.69, 9.17) is 0 Å². The van der Waals surface area contributed by atoms with Gasteiger partial charge in [-0.3, -0.25) is 9.59 Å². The van der Waals surface area contributed by atoms with E-state index >= 15 is 0 Å². The molecule has 118 valence electrons. The van der Waals surface area contributed by atoms with Crippen molar-refractivity contribution in [3.05, 3.63) is 22.4 Å². The zero-order chi connectivity index (χ0) is 14.5. The predicted octanol–water partition coefficient (Wildman–Crippen LogP) is 1.26. The molecule has 1 unspecified atom stereocenters. The van der Waals surface area contributed by atoms with E-state index in [0.29, 0.717) is 17.3 Å². The summed E-state index contributed by atoms with van der Waals surface area (Å²) in [5.74, 6) is 0.286. The fraction of sp³-hybridized carbons (Fsp3) is 0.571. The molecule has 1 aliphatic rings. The van der Waals surface area contributed by atoms with Crippen molar-refractivity contribution in [3.63, 3.8) is 0 Å². The average molecular weight is 332 g/mol. The molecule has 5 nitrogen and oxygen atoms in total. The molecule has 1 saturated heterocycles. The minimum atomic E-state index is -0.488. The molecule has 0 aromatic carbocycles. The summed E-state index contributed by atoms with van der Waals surface area (Å²) in [5, 5.41) is 10.8. The minimum Gasteiger partial charge on any atom is -0.354 e. The second-order valence-corrected chi connectivity index (χ2v) is 6.39. The summed E-state index contributed by atoms with van der Waals surface area (Å²) in [6.45, 7) is 6.44. The Morgan fingerprint density at radius 3 is 2.62 bits per heavy atom. The predicted molar refractivity (Wildman–Crippen MR) is 87.0 cm³/mol. The summed E-state index contributed by atoms with van der Waals surface area (Å²) in [6.07, 6.45) is 0. The van der Waals surface area contributed by atoms with Crippen LogP contribution in [0.2, 0.25) is 0 Å². The summed E-state index contributed by atoms with van der Waals surface area (Å²) in [6, 6.07) is 3.10. The van der Waals surface area contributed by atoms with Crippen molar-refractivity contribution in [3.8, 4) is 0 Å². The van der Waals surface area contributed by atoms with E-state index in [1.165, 1.54) is 11.3 Å². The monoisotopic (exact) mass is 331 g/mol. The fourth-order valence-electron chi connectivity index (χ4n) is 2.00. The van der Waals surface area contributed by atoms with Crippen LogP contribution >= 0.6 is 23.7 Å². The third-order valence-electron chi connectivity index (χ3n) is 3.41. The Labute approximate surface area is 135 Å². The van der Waals surface area contributed by atoms with Crippen molar-refractivity contribution in [2.24, 2.45) is 11.8 Å². The Morgan fingerprint density at radius 2 is 2.14 bits per heavy atom. The largest absolute Gasteiger partial charge is 0.354 e. The number of hydrogen-bond donors (Lipinski definition) is 3. The average Bonchev–Trinajstić information content (AvgIpc) is 2.86. The molecule has 3 N–H and O–H groups in total. The number of nitrogens with one attached hydrogen (secondary N) is 3. The molecule has 7 heteroatoms. The molecule has 0 spiro atoms. The highest BCUT2D eigenvalue weighted by atomic mass is 35.5. The Hall–Kier alpha value is -1.11. The van der Waals surface area contributed by atoms with Crippen LogP contribution in [-0.4, -0.2) is 37.5 Å². The highest BCUT2D eigenvalue weighted by molar-refractivity contribution is 7.12. The fourth-order valence-corrected chi connectivity index (χ4v) is 2.63. The summed E-state index contributed by atoms with van der Waals surface area (Å²) in [7, 11) is 0. The van der Waals surface area contributed by atoms with Crippen LogP contribution in [0.25, 0.3) is 0 Å². The molecule has 21 heavy (non-hydrogen) atoms. The van der Waals surface area contributed by atoms with E-state index in [2.05, 4.69) is 16.0 Å². The first-order chi connectivity index (χ1) is 9.58. The lowest BCUT2D eigenvalue weighted by Crippen LogP contribution is -2.53. The third kappa shape index (κ3) is 4.98. The first kappa shape index (κ1) is 17.9. The second-order valence-electron chi connectivity index (χ2n) is 5.44. The van der Waals surface area contributed by atoms with Crippen LogP contribution in [0.5, 0.6) is 0 Å². The van der Waals surface area contributed by atoms with Crippen LogP contribution in [0.15, 0.2) is 17.5 Å². The van der Waals surface area contributed by atoms with E-state index in [0.717, 1.165) is 13.1 Å². The van der Waals surface area contributed by atoms with Crippen LogP contribution in [0, 0.1) is 11.8 Å². The number of carbonyl (C=O) groups excluding carboxylic acids is 2. The molecule has 1 aromatic heterocycles. The van der Waals surface area contributed by atoms with Gasteiger partial charge in [-0.25, -0.2) is 0 Å². The van der Waals surface area contributed by atoms with Crippen LogP contribution in [0.1, 0.15) is 23.5 Å². The molecular weight excluding hydrogens is 310 g/mol. The van der Waals surface area contributed by atoms with Gasteiger partial charge < -0.3 is 16.0 Å². The Bertz CT molecular complexity index is 461. The van der Waals surface area contributed by atoms with Gasteiger partial charge in [0.1, 0.15) is 6.04 Å². The van der Waals surface area contributed by atoms with Crippen LogP contribution in [0.3, 0.4) is 0 Å². The van der Waals surface area contributed by atoms with Gasteiger partial charge in [0.2, 0.25) is 5.91 Å². The molecular formula is C14H22ClN3O2S. The first-order valence-corrected chi connectivity index (χ1v) is 7.78. The molecule has 2 heterocycles. The standard InChI is InChI=1S/C14H21N3O2S.ClH/c1-9(2)12(14(19)16-8-10-6-15-7-10)17-13(18)11-4-3-5-20-11;/h3-5,9-10,12,15H,6-8H2,1-2H3,(H,16,19)(H,17,18);1H. The smallest absolute Gasteiger partial charge is 0.262 e. The lowest BCUT2D eigenvalue weighted by molar-refractivity contribution is -0.124. The van der Waals surface area contributed by atoms with Gasteiger partial charge in [0, 0.05) is 25.6 Å². The maximum absolute atomic E-state index is 12.2. The molecule has 1 aromatic rings. The van der Waals surface area contributed by atoms with Gasteiger partial charge in [-0.15, -0.1) is 23.7 Å². The molecule has 1 fully saturated rings. The normalized spacial score (nSPS) is 15.8. The summed E-state index contributed by atoms with van der Waals surface area (Å²) in [5.41, 5.74) is 0. The molecule has 0 saturated carbocycles. The van der Waals surface area contributed by atoms with Crippen molar-refractivity contribution >= 4 is 35.6 Å². The first-order valence-electron chi connectivity index (χ1n) is 6.90. The Morgan fingerprint density at radius 1 is 1.43 bits per heavy atom. The number of halogens is 1. The van der Waals surface area contributed by atoms with Crippen molar-refractivity contribution < 1.29 is 9.59 Å². The maximum atomic E-state index is 12.2. The molecule has 1 aliphatic heterocycles. The lowest BCUT2D eigenvalue weighted by atomic mass is 10.0. The van der Waals surface area contributed by atoms with Crippen molar-refractivity contribution in [1.29, 1.82) is 0 Å². The van der Waals surface area contributed by atoms with Crippen LogP contribution in [-0.2, 0) is 4.79 Å². The zero-order valence-corrected chi connectivity index (χ0v) is 13.9. The van der Waals surface area contributed by atoms with E-state index in [1.54, 1.807) is 6.07 Å². The lowest BCUT2D eigenvalue weighted by Gasteiger charge is -2.28. The zero-order valence-electron chi connectivity index (χ0n) is 12.2. The Kier molecular flexibility index (Phi) is 7.14. The van der Waals surface area contributed by atoms with Crippen molar-refractivity contribution in [2.45, 2.75) is 19.9 Å². The van der Waals surface area contributed by atoms with Gasteiger partial charge in [0.05, 0.1) is 4.88 Å². The SMILES string of the molecule is CC(C)C(NC(=O)c1cccs1)C(=O)NCC1CNC1.Cl. The molecule has 0 aliphatic carbocycles. The van der Waals surface area contributed by atoms with Gasteiger partial charge >= 0.3 is 0 Å². The molecule has 2 rings (SSSR count). The summed E-state index contributed by atoms with van der Waals surface area (Å²) < 4.78 is 0. The third-order valence-corrected chi connectivity index (χ3v) is 4.28. The van der Waals surface area contributed by atoms with Crippen molar-refractivity contribution in [2.75, 3.05) is 19.6 Å². The van der Waals surface area contributed by atoms with E-state index < -0.39 is 6.04 Å². The highest BCUT2D eigenvalue weighted by Gasteiger charge is 2.26. The summed E-state index contributed by atoms with van der Waals surface area (Å²) >= 11 is 1.38. The second kappa shape index (κ2) is 8.36.